The number of hydrogen-bond donors (Lipinski definition) is 1. The van der Waals surface area contributed by atoms with Crippen LogP contribution in [0.1, 0.15) is 38.8 Å². The average Bonchev–Trinajstić information content (AvgIpc) is 2.73. The van der Waals surface area contributed by atoms with Gasteiger partial charge in [-0.1, -0.05) is 20.8 Å². The Morgan fingerprint density at radius 1 is 1.35 bits per heavy atom. The number of aromatic nitrogens is 2. The van der Waals surface area contributed by atoms with Gasteiger partial charge < -0.3 is 10.2 Å². The second-order valence-corrected chi connectivity index (χ2v) is 7.05. The third-order valence-corrected chi connectivity index (χ3v) is 3.98. The number of nitrogens with zero attached hydrogens (tertiary/aromatic N) is 3. The summed E-state index contributed by atoms with van der Waals surface area (Å²) < 4.78 is 3.27. The molecule has 0 saturated heterocycles. The highest BCUT2D eigenvalue weighted by Crippen LogP contribution is 2.26. The summed E-state index contributed by atoms with van der Waals surface area (Å²) >= 11 is 3.64. The van der Waals surface area contributed by atoms with E-state index in [1.165, 1.54) is 5.69 Å². The largest absolute Gasteiger partial charge is 0.316 e. The molecule has 1 N–H and O–H groups in total. The molecule has 0 aliphatic carbocycles. The lowest BCUT2D eigenvalue weighted by Crippen LogP contribution is -2.23. The van der Waals surface area contributed by atoms with Gasteiger partial charge in [0.15, 0.2) is 0 Å². The van der Waals surface area contributed by atoms with Gasteiger partial charge in [-0.3, -0.25) is 4.68 Å². The molecule has 0 aliphatic rings. The second-order valence-electron chi connectivity index (χ2n) is 6.19. The van der Waals surface area contributed by atoms with Crippen LogP contribution in [-0.2, 0) is 6.54 Å². The number of rotatable bonds is 9. The Morgan fingerprint density at radius 2 is 2.05 bits per heavy atom. The van der Waals surface area contributed by atoms with Gasteiger partial charge in [0.25, 0.3) is 0 Å². The molecule has 0 aliphatic heterocycles. The summed E-state index contributed by atoms with van der Waals surface area (Å²) in [6, 6.07) is 0. The van der Waals surface area contributed by atoms with Gasteiger partial charge in [0.1, 0.15) is 0 Å². The van der Waals surface area contributed by atoms with Crippen molar-refractivity contribution in [1.29, 1.82) is 0 Å². The first-order chi connectivity index (χ1) is 9.41. The van der Waals surface area contributed by atoms with Crippen molar-refractivity contribution >= 4 is 15.9 Å². The van der Waals surface area contributed by atoms with Crippen LogP contribution in [0.3, 0.4) is 0 Å². The predicted molar refractivity (Wildman–Crippen MR) is 89.2 cm³/mol. The van der Waals surface area contributed by atoms with Crippen LogP contribution < -0.4 is 5.32 Å². The number of likely N-dealkylation sites (N-methyl/N-ethyl adjacent to an activating group) is 1. The molecular formula is C15H29BrN4. The third kappa shape index (κ3) is 5.94. The molecule has 0 radical (unpaired) electrons. The highest BCUT2D eigenvalue weighted by atomic mass is 79.9. The molecule has 116 valence electrons. The maximum absolute atomic E-state index is 4.49. The molecule has 0 saturated carbocycles. The normalized spacial score (nSPS) is 13.4. The van der Waals surface area contributed by atoms with Gasteiger partial charge in [-0.2, -0.15) is 5.10 Å². The van der Waals surface area contributed by atoms with E-state index >= 15 is 0 Å². The zero-order valence-corrected chi connectivity index (χ0v) is 15.1. The summed E-state index contributed by atoms with van der Waals surface area (Å²) in [5.41, 5.74) is 1.32. The van der Waals surface area contributed by atoms with Gasteiger partial charge in [0.2, 0.25) is 0 Å². The highest BCUT2D eigenvalue weighted by Gasteiger charge is 2.15. The fourth-order valence-electron chi connectivity index (χ4n) is 2.18. The van der Waals surface area contributed by atoms with Crippen LogP contribution in [0.5, 0.6) is 0 Å². The molecule has 4 nitrogen and oxygen atoms in total. The van der Waals surface area contributed by atoms with Crippen LogP contribution in [0.2, 0.25) is 0 Å². The Morgan fingerprint density at radius 3 is 2.65 bits per heavy atom. The second kappa shape index (κ2) is 8.80. The molecule has 0 amide bonds. The molecule has 0 aromatic carbocycles. The van der Waals surface area contributed by atoms with Crippen molar-refractivity contribution in [3.63, 3.8) is 0 Å². The SMILES string of the molecule is CC(C)CNCCC(C)c1c(Br)cnn1CCN(C)C. The molecule has 1 rings (SSSR count). The molecule has 1 atom stereocenters. The van der Waals surface area contributed by atoms with Crippen LogP contribution in [0.4, 0.5) is 0 Å². The molecule has 1 aromatic heterocycles. The van der Waals surface area contributed by atoms with E-state index in [0.29, 0.717) is 11.8 Å². The van der Waals surface area contributed by atoms with E-state index in [4.69, 9.17) is 0 Å². The van der Waals surface area contributed by atoms with Gasteiger partial charge in [0.05, 0.1) is 22.9 Å². The highest BCUT2D eigenvalue weighted by molar-refractivity contribution is 9.10. The quantitative estimate of drug-likeness (QED) is 0.699. The van der Waals surface area contributed by atoms with Crippen molar-refractivity contribution in [2.24, 2.45) is 5.92 Å². The topological polar surface area (TPSA) is 33.1 Å². The van der Waals surface area contributed by atoms with Gasteiger partial charge in [0, 0.05) is 12.5 Å². The van der Waals surface area contributed by atoms with E-state index in [2.05, 4.69) is 70.8 Å². The molecule has 0 spiro atoms. The molecule has 0 bridgehead atoms. The van der Waals surface area contributed by atoms with Crippen molar-refractivity contribution in [3.05, 3.63) is 16.4 Å². The van der Waals surface area contributed by atoms with Gasteiger partial charge >= 0.3 is 0 Å². The molecule has 20 heavy (non-hydrogen) atoms. The molecule has 1 heterocycles. The summed E-state index contributed by atoms with van der Waals surface area (Å²) in [5, 5.41) is 8.00. The maximum Gasteiger partial charge on any atom is 0.0635 e. The van der Waals surface area contributed by atoms with E-state index in [1.807, 2.05) is 6.20 Å². The van der Waals surface area contributed by atoms with E-state index < -0.39 is 0 Å². The van der Waals surface area contributed by atoms with E-state index in [1.54, 1.807) is 0 Å². The molecule has 1 aromatic rings. The van der Waals surface area contributed by atoms with Crippen LogP contribution in [0.15, 0.2) is 10.7 Å². The molecule has 1 unspecified atom stereocenters. The zero-order valence-electron chi connectivity index (χ0n) is 13.5. The van der Waals surface area contributed by atoms with Crippen molar-refractivity contribution in [2.75, 3.05) is 33.7 Å². The Bertz CT molecular complexity index is 387. The minimum absolute atomic E-state index is 0.508. The molecular weight excluding hydrogens is 316 g/mol. The summed E-state index contributed by atoms with van der Waals surface area (Å²) in [4.78, 5) is 2.19. The van der Waals surface area contributed by atoms with Gasteiger partial charge in [-0.15, -0.1) is 0 Å². The number of hydrogen-bond acceptors (Lipinski definition) is 3. The van der Waals surface area contributed by atoms with Crippen molar-refractivity contribution < 1.29 is 0 Å². The molecule has 0 fully saturated rings. The van der Waals surface area contributed by atoms with Crippen LogP contribution in [0, 0.1) is 5.92 Å². The van der Waals surface area contributed by atoms with Gasteiger partial charge in [-0.05, 0) is 55.5 Å². The third-order valence-electron chi connectivity index (χ3n) is 3.37. The summed E-state index contributed by atoms with van der Waals surface area (Å²) in [6.07, 6.45) is 3.06. The number of nitrogens with one attached hydrogen (secondary N) is 1. The summed E-state index contributed by atoms with van der Waals surface area (Å²) in [6.45, 7) is 10.9. The summed E-state index contributed by atoms with van der Waals surface area (Å²) in [5.74, 6) is 1.22. The number of halogens is 1. The minimum atomic E-state index is 0.508. The van der Waals surface area contributed by atoms with E-state index in [9.17, 15) is 0 Å². The predicted octanol–water partition coefficient (Wildman–Crippen LogP) is 2.95. The zero-order chi connectivity index (χ0) is 15.1. The average molecular weight is 345 g/mol. The van der Waals surface area contributed by atoms with Crippen LogP contribution >= 0.6 is 15.9 Å². The Hall–Kier alpha value is -0.390. The fourth-order valence-corrected chi connectivity index (χ4v) is 2.87. The smallest absolute Gasteiger partial charge is 0.0635 e. The Kier molecular flexibility index (Phi) is 7.77. The van der Waals surface area contributed by atoms with Crippen molar-refractivity contribution in [2.45, 2.75) is 39.7 Å². The summed E-state index contributed by atoms with van der Waals surface area (Å²) in [7, 11) is 4.19. The van der Waals surface area contributed by atoms with Crippen LogP contribution in [-0.4, -0.2) is 48.4 Å². The Balaban J connectivity index is 2.53. The lowest BCUT2D eigenvalue weighted by molar-refractivity contribution is 0.365. The van der Waals surface area contributed by atoms with Crippen molar-refractivity contribution in [3.8, 4) is 0 Å². The fraction of sp³-hybridized carbons (Fsp3) is 0.800. The first-order valence-electron chi connectivity index (χ1n) is 7.48. The van der Waals surface area contributed by atoms with Crippen molar-refractivity contribution in [1.82, 2.24) is 20.0 Å². The molecule has 5 heteroatoms. The minimum Gasteiger partial charge on any atom is -0.316 e. The van der Waals surface area contributed by atoms with E-state index in [-0.39, 0.29) is 0 Å². The maximum atomic E-state index is 4.49. The van der Waals surface area contributed by atoms with Crippen LogP contribution in [0.25, 0.3) is 0 Å². The lowest BCUT2D eigenvalue weighted by atomic mass is 10.0. The van der Waals surface area contributed by atoms with Gasteiger partial charge in [-0.25, -0.2) is 0 Å². The Labute approximate surface area is 132 Å². The first kappa shape index (κ1) is 17.7. The van der Waals surface area contributed by atoms with E-state index in [0.717, 1.165) is 37.1 Å². The lowest BCUT2D eigenvalue weighted by Gasteiger charge is -2.17. The first-order valence-corrected chi connectivity index (χ1v) is 8.27. The monoisotopic (exact) mass is 344 g/mol. The standard InChI is InChI=1S/C15H29BrN4/c1-12(2)10-17-7-6-13(3)15-14(16)11-18-20(15)9-8-19(4)5/h11-13,17H,6-10H2,1-5H3.